The zero-order valence-corrected chi connectivity index (χ0v) is 15.6. The maximum absolute atomic E-state index is 11.2. The number of carbonyl (C=O) groups excluding carboxylic acids is 1. The molecule has 0 radical (unpaired) electrons. The molecule has 0 unspecified atom stereocenters. The van der Waals surface area contributed by atoms with E-state index >= 15 is 0 Å². The Labute approximate surface area is 143 Å². The Morgan fingerprint density at radius 3 is 2.00 bits per heavy atom. The Morgan fingerprint density at radius 1 is 1.14 bits per heavy atom. The molecule has 6 heteroatoms. The number of rotatable bonds is 3. The summed E-state index contributed by atoms with van der Waals surface area (Å²) in [5, 5.41) is 0. The summed E-state index contributed by atoms with van der Waals surface area (Å²) in [7, 11) is 0. The molecule has 4 aliphatic heterocycles. The lowest BCUT2D eigenvalue weighted by Crippen LogP contribution is -2.55. The first-order valence-electron chi connectivity index (χ1n) is 7.53. The molecule has 0 aromatic carbocycles. The summed E-state index contributed by atoms with van der Waals surface area (Å²) < 4.78 is 5.67. The van der Waals surface area contributed by atoms with Crippen molar-refractivity contribution in [2.75, 3.05) is 39.3 Å². The minimum Gasteiger partial charge on any atom is -0.421 e. The van der Waals surface area contributed by atoms with Gasteiger partial charge in [-0.25, -0.2) is 4.79 Å². The molecular formula is C15H22Br2N2O2. The fraction of sp³-hybridized carbons (Fsp3) is 0.667. The molecule has 0 amide bonds. The molecule has 0 saturated carbocycles. The van der Waals surface area contributed by atoms with Crippen molar-refractivity contribution in [1.82, 2.24) is 9.80 Å². The van der Waals surface area contributed by atoms with Crippen LogP contribution in [-0.2, 0) is 9.53 Å². The van der Waals surface area contributed by atoms with Crippen molar-refractivity contribution in [3.63, 3.8) is 0 Å². The minimum atomic E-state index is -0.222. The van der Waals surface area contributed by atoms with Gasteiger partial charge in [0.25, 0.3) is 0 Å². The summed E-state index contributed by atoms with van der Waals surface area (Å²) >= 11 is 6.40. The van der Waals surface area contributed by atoms with Gasteiger partial charge in [-0.3, -0.25) is 9.80 Å². The molecule has 0 aromatic heterocycles. The number of hydrogen-bond donors (Lipinski definition) is 0. The summed E-state index contributed by atoms with van der Waals surface area (Å²) in [6.45, 7) is 10.0. The highest BCUT2D eigenvalue weighted by Gasteiger charge is 2.22. The van der Waals surface area contributed by atoms with Gasteiger partial charge in [-0.05, 0) is 50.8 Å². The first kappa shape index (κ1) is 17.2. The van der Waals surface area contributed by atoms with Gasteiger partial charge in [-0.2, -0.15) is 0 Å². The SMILES string of the molecule is C1CN2CCN1CC2.CCCCC1=CC(=C(Br)Br)OC1=O. The summed E-state index contributed by atoms with van der Waals surface area (Å²) in [5.74, 6) is 0.343. The van der Waals surface area contributed by atoms with Gasteiger partial charge < -0.3 is 4.74 Å². The number of esters is 1. The van der Waals surface area contributed by atoms with Crippen LogP contribution in [-0.4, -0.2) is 55.0 Å². The zero-order chi connectivity index (χ0) is 15.2. The monoisotopic (exact) mass is 420 g/mol. The fourth-order valence-electron chi connectivity index (χ4n) is 2.57. The Bertz CT molecular complexity index is 414. The Hall–Kier alpha value is -0.170. The van der Waals surface area contributed by atoms with Crippen molar-refractivity contribution in [3.05, 3.63) is 20.8 Å². The van der Waals surface area contributed by atoms with Crippen molar-refractivity contribution in [2.45, 2.75) is 26.2 Å². The maximum Gasteiger partial charge on any atom is 0.339 e. The number of allylic oxidation sites excluding steroid dienone is 1. The highest BCUT2D eigenvalue weighted by molar-refractivity contribution is 9.28. The van der Waals surface area contributed by atoms with E-state index in [0.29, 0.717) is 9.15 Å². The van der Waals surface area contributed by atoms with E-state index in [-0.39, 0.29) is 5.97 Å². The van der Waals surface area contributed by atoms with Gasteiger partial charge in [0.05, 0.1) is 0 Å². The van der Waals surface area contributed by atoms with E-state index in [2.05, 4.69) is 48.6 Å². The summed E-state index contributed by atoms with van der Waals surface area (Å²) in [4.78, 5) is 16.3. The predicted octanol–water partition coefficient (Wildman–Crippen LogP) is 3.24. The lowest BCUT2D eigenvalue weighted by molar-refractivity contribution is -0.133. The summed E-state index contributed by atoms with van der Waals surface area (Å²) in [6, 6.07) is 0. The maximum atomic E-state index is 11.2. The van der Waals surface area contributed by atoms with Crippen LogP contribution in [0.15, 0.2) is 20.8 Å². The van der Waals surface area contributed by atoms with Crippen LogP contribution in [0.2, 0.25) is 0 Å². The zero-order valence-electron chi connectivity index (χ0n) is 12.4. The standard InChI is InChI=1S/C9H10Br2O2.C6H12N2/c1-2-3-4-6-5-7(8(10)11)13-9(6)12;1-2-8-5-3-7(1)4-6-8/h5H,2-4H2,1H3;1-6H2. The Kier molecular flexibility index (Phi) is 6.92. The van der Waals surface area contributed by atoms with Gasteiger partial charge in [0.1, 0.15) is 3.39 Å². The molecule has 0 aliphatic carbocycles. The first-order chi connectivity index (χ1) is 10.1. The van der Waals surface area contributed by atoms with Gasteiger partial charge in [-0.1, -0.05) is 13.3 Å². The van der Waals surface area contributed by atoms with E-state index in [9.17, 15) is 4.79 Å². The number of cyclic esters (lactones) is 1. The van der Waals surface area contributed by atoms with Crippen LogP contribution < -0.4 is 0 Å². The molecule has 2 bridgehead atoms. The van der Waals surface area contributed by atoms with Gasteiger partial charge >= 0.3 is 5.97 Å². The van der Waals surface area contributed by atoms with Crippen LogP contribution in [0.25, 0.3) is 0 Å². The average Bonchev–Trinajstić information content (AvgIpc) is 2.89. The van der Waals surface area contributed by atoms with E-state index in [1.807, 2.05) is 0 Å². The van der Waals surface area contributed by atoms with E-state index in [1.165, 1.54) is 39.3 Å². The second-order valence-electron chi connectivity index (χ2n) is 5.47. The molecule has 0 N–H and O–H groups in total. The third kappa shape index (κ3) is 5.20. The Morgan fingerprint density at radius 2 is 1.67 bits per heavy atom. The van der Waals surface area contributed by atoms with Crippen molar-refractivity contribution in [1.29, 1.82) is 0 Å². The van der Waals surface area contributed by atoms with E-state index in [0.717, 1.165) is 24.8 Å². The third-order valence-electron chi connectivity index (χ3n) is 3.95. The van der Waals surface area contributed by atoms with E-state index < -0.39 is 0 Å². The summed E-state index contributed by atoms with van der Waals surface area (Å²) in [5.41, 5.74) is 0.758. The second kappa shape index (κ2) is 8.46. The third-order valence-corrected chi connectivity index (χ3v) is 4.74. The lowest BCUT2D eigenvalue weighted by Gasteiger charge is -2.41. The molecule has 4 rings (SSSR count). The largest absolute Gasteiger partial charge is 0.421 e. The molecule has 3 saturated heterocycles. The van der Waals surface area contributed by atoms with Crippen LogP contribution in [0.3, 0.4) is 0 Å². The van der Waals surface area contributed by atoms with Crippen LogP contribution in [0.5, 0.6) is 0 Å². The van der Waals surface area contributed by atoms with Gasteiger partial charge in [0.15, 0.2) is 5.76 Å². The minimum absolute atomic E-state index is 0.222. The molecule has 0 atom stereocenters. The fourth-order valence-corrected chi connectivity index (χ4v) is 2.96. The van der Waals surface area contributed by atoms with Gasteiger partial charge in [0, 0.05) is 44.8 Å². The van der Waals surface area contributed by atoms with Gasteiger partial charge in [-0.15, -0.1) is 0 Å². The average molecular weight is 422 g/mol. The molecule has 4 nitrogen and oxygen atoms in total. The second-order valence-corrected chi connectivity index (χ2v) is 8.12. The van der Waals surface area contributed by atoms with Crippen LogP contribution >= 0.6 is 31.9 Å². The van der Waals surface area contributed by atoms with E-state index in [4.69, 9.17) is 4.74 Å². The topological polar surface area (TPSA) is 32.8 Å². The van der Waals surface area contributed by atoms with Crippen molar-refractivity contribution in [3.8, 4) is 0 Å². The number of nitrogens with zero attached hydrogens (tertiary/aromatic N) is 2. The highest BCUT2D eigenvalue weighted by atomic mass is 79.9. The van der Waals surface area contributed by atoms with E-state index in [1.54, 1.807) is 6.08 Å². The smallest absolute Gasteiger partial charge is 0.339 e. The molecule has 0 spiro atoms. The number of piperazine rings is 3. The number of ether oxygens (including phenoxy) is 1. The quantitative estimate of drug-likeness (QED) is 0.655. The highest BCUT2D eigenvalue weighted by Crippen LogP contribution is 2.29. The van der Waals surface area contributed by atoms with Crippen LogP contribution in [0, 0.1) is 0 Å². The number of halogens is 2. The molecule has 21 heavy (non-hydrogen) atoms. The van der Waals surface area contributed by atoms with Crippen molar-refractivity contribution < 1.29 is 9.53 Å². The number of fused-ring (bicyclic) bond motifs is 3. The van der Waals surface area contributed by atoms with Crippen molar-refractivity contribution in [2.24, 2.45) is 0 Å². The molecular weight excluding hydrogens is 400 g/mol. The van der Waals surface area contributed by atoms with Crippen molar-refractivity contribution >= 4 is 37.8 Å². The molecule has 0 aromatic rings. The summed E-state index contributed by atoms with van der Waals surface area (Å²) in [6.07, 6.45) is 4.68. The number of carbonyl (C=O) groups is 1. The van der Waals surface area contributed by atoms with Gasteiger partial charge in [0.2, 0.25) is 0 Å². The molecule has 4 heterocycles. The molecule has 118 valence electrons. The normalized spacial score (nSPS) is 26.9. The number of unbranched alkanes of at least 4 members (excludes halogenated alkanes) is 1. The Balaban J connectivity index is 0.000000170. The van der Waals surface area contributed by atoms with Crippen LogP contribution in [0.4, 0.5) is 0 Å². The lowest BCUT2D eigenvalue weighted by atomic mass is 10.1. The first-order valence-corrected chi connectivity index (χ1v) is 9.11. The predicted molar refractivity (Wildman–Crippen MR) is 91.5 cm³/mol. The molecule has 4 aliphatic rings. The molecule has 3 fully saturated rings. The van der Waals surface area contributed by atoms with Crippen LogP contribution in [0.1, 0.15) is 26.2 Å². The number of hydrogen-bond acceptors (Lipinski definition) is 4.